The number of fused-ring (bicyclic) bond motifs is 1. The van der Waals surface area contributed by atoms with Gasteiger partial charge in [-0.2, -0.15) is 5.10 Å². The van der Waals surface area contributed by atoms with Gasteiger partial charge in [0.2, 0.25) is 5.91 Å². The van der Waals surface area contributed by atoms with Gasteiger partial charge in [-0.05, 0) is 90.1 Å². The first-order chi connectivity index (χ1) is 19.6. The van der Waals surface area contributed by atoms with Gasteiger partial charge in [-0.3, -0.25) is 19.3 Å². The molecule has 3 amide bonds. The van der Waals surface area contributed by atoms with E-state index in [-0.39, 0.29) is 23.4 Å². The van der Waals surface area contributed by atoms with Gasteiger partial charge in [-0.15, -0.1) is 0 Å². The van der Waals surface area contributed by atoms with Crippen LogP contribution in [-0.2, 0) is 11.2 Å². The third-order valence-electron chi connectivity index (χ3n) is 9.30. The van der Waals surface area contributed by atoms with Gasteiger partial charge in [0, 0.05) is 43.3 Å². The molecule has 1 aromatic heterocycles. The van der Waals surface area contributed by atoms with Gasteiger partial charge in [-0.1, -0.05) is 6.42 Å². The zero-order valence-corrected chi connectivity index (χ0v) is 24.6. The number of amides is 3. The summed E-state index contributed by atoms with van der Waals surface area (Å²) in [4.78, 5) is 45.2. The number of primary amides is 1. The van der Waals surface area contributed by atoms with Crippen LogP contribution in [0.5, 0.6) is 0 Å². The van der Waals surface area contributed by atoms with Gasteiger partial charge in [0.1, 0.15) is 0 Å². The van der Waals surface area contributed by atoms with Gasteiger partial charge in [0.25, 0.3) is 11.8 Å². The number of aryl methyl sites for hydroxylation is 1. The average molecular weight is 562 g/mol. The second kappa shape index (κ2) is 10.8. The van der Waals surface area contributed by atoms with Crippen LogP contribution in [0.2, 0.25) is 0 Å². The molecule has 4 aliphatic rings. The normalized spacial score (nSPS) is 22.6. The zero-order chi connectivity index (χ0) is 28.9. The minimum absolute atomic E-state index is 0.0124. The highest BCUT2D eigenvalue weighted by atomic mass is 16.2. The topological polar surface area (TPSA) is 117 Å². The summed E-state index contributed by atoms with van der Waals surface area (Å²) in [6.07, 6.45) is 7.44. The van der Waals surface area contributed by atoms with Crippen LogP contribution in [-0.4, -0.2) is 93.1 Å². The second-order valence-electron chi connectivity index (χ2n) is 13.1. The van der Waals surface area contributed by atoms with Gasteiger partial charge in [0.05, 0.1) is 34.7 Å². The molecule has 1 aromatic carbocycles. The molecule has 1 unspecified atom stereocenters. The molecule has 0 radical (unpaired) electrons. The number of benzene rings is 1. The zero-order valence-electron chi connectivity index (χ0n) is 24.6. The summed E-state index contributed by atoms with van der Waals surface area (Å²) in [5, 5.41) is 8.33. The van der Waals surface area contributed by atoms with Crippen LogP contribution in [0, 0.1) is 12.8 Å². The Morgan fingerprint density at radius 3 is 2.56 bits per heavy atom. The standard InChI is InChI=1S/C31H43N7O3/c1-20-28-26(16-31(2,3)37(30(28)41)17-21-7-8-21)38(34-20)23-9-10-24(29(32)40)25(15-23)33-22-11-14-36(18-22)27(39)19-35-12-5-4-6-13-35/h9-10,15,21-22,33H,4-8,11-14,16-19H2,1-3H3,(H2,32,40). The van der Waals surface area contributed by atoms with Crippen molar-refractivity contribution in [2.24, 2.45) is 11.7 Å². The summed E-state index contributed by atoms with van der Waals surface area (Å²) in [5.74, 6) is 0.318. The van der Waals surface area contributed by atoms with Crippen molar-refractivity contribution in [3.63, 3.8) is 0 Å². The Balaban J connectivity index is 1.22. The average Bonchev–Trinajstić information content (AvgIpc) is 3.54. The molecule has 10 nitrogen and oxygen atoms in total. The van der Waals surface area contributed by atoms with Crippen molar-refractivity contribution in [1.82, 2.24) is 24.5 Å². The highest BCUT2D eigenvalue weighted by Gasteiger charge is 2.43. The van der Waals surface area contributed by atoms with Gasteiger partial charge < -0.3 is 20.9 Å². The van der Waals surface area contributed by atoms with Crippen molar-refractivity contribution in [3.05, 3.63) is 40.7 Å². The van der Waals surface area contributed by atoms with Crippen LogP contribution in [0.4, 0.5) is 5.69 Å². The lowest BCUT2D eigenvalue weighted by atomic mass is 9.87. The Morgan fingerprint density at radius 2 is 1.85 bits per heavy atom. The number of nitrogens with two attached hydrogens (primary N) is 1. The maximum absolute atomic E-state index is 13.7. The molecule has 1 aliphatic carbocycles. The number of nitrogens with zero attached hydrogens (tertiary/aromatic N) is 5. The molecule has 3 aliphatic heterocycles. The smallest absolute Gasteiger partial charge is 0.258 e. The molecule has 10 heteroatoms. The lowest BCUT2D eigenvalue weighted by Gasteiger charge is -2.42. The van der Waals surface area contributed by atoms with Gasteiger partial charge in [-0.25, -0.2) is 4.68 Å². The SMILES string of the molecule is Cc1nn(-c2ccc(C(N)=O)c(NC3CCN(C(=O)CN4CCCCC4)C3)c2)c2c1C(=O)N(CC1CC1)C(C)(C)C2. The van der Waals surface area contributed by atoms with Crippen molar-refractivity contribution < 1.29 is 14.4 Å². The van der Waals surface area contributed by atoms with Crippen LogP contribution in [0.25, 0.3) is 5.69 Å². The molecule has 3 fully saturated rings. The third-order valence-corrected chi connectivity index (χ3v) is 9.30. The van der Waals surface area contributed by atoms with E-state index in [1.807, 2.05) is 33.5 Å². The summed E-state index contributed by atoms with van der Waals surface area (Å²) in [5.41, 5.74) is 9.56. The molecular formula is C31H43N7O3. The lowest BCUT2D eigenvalue weighted by Crippen LogP contribution is -2.53. The molecular weight excluding hydrogens is 518 g/mol. The number of rotatable bonds is 8. The molecule has 0 bridgehead atoms. The summed E-state index contributed by atoms with van der Waals surface area (Å²) >= 11 is 0. The molecule has 4 heterocycles. The quantitative estimate of drug-likeness (QED) is 0.512. The molecule has 1 atom stereocenters. The molecule has 2 aromatic rings. The predicted molar refractivity (Wildman–Crippen MR) is 157 cm³/mol. The van der Waals surface area contributed by atoms with Crippen molar-refractivity contribution in [1.29, 1.82) is 0 Å². The fourth-order valence-corrected chi connectivity index (χ4v) is 6.77. The Bertz CT molecular complexity index is 1360. The second-order valence-corrected chi connectivity index (χ2v) is 13.1. The van der Waals surface area contributed by atoms with Crippen LogP contribution in [0.3, 0.4) is 0 Å². The summed E-state index contributed by atoms with van der Waals surface area (Å²) < 4.78 is 1.86. The fraction of sp³-hybridized carbons (Fsp3) is 0.613. The summed E-state index contributed by atoms with van der Waals surface area (Å²) in [7, 11) is 0. The maximum atomic E-state index is 13.7. The molecule has 2 saturated heterocycles. The monoisotopic (exact) mass is 561 g/mol. The number of piperidine rings is 1. The van der Waals surface area contributed by atoms with E-state index in [1.54, 1.807) is 6.07 Å². The molecule has 0 spiro atoms. The number of hydrogen-bond acceptors (Lipinski definition) is 6. The lowest BCUT2D eigenvalue weighted by molar-refractivity contribution is -0.131. The highest BCUT2D eigenvalue weighted by Crippen LogP contribution is 2.38. The molecule has 220 valence electrons. The Hall–Kier alpha value is -3.40. The number of likely N-dealkylation sites (tertiary alicyclic amines) is 2. The molecule has 1 saturated carbocycles. The van der Waals surface area contributed by atoms with E-state index in [0.29, 0.717) is 54.5 Å². The van der Waals surface area contributed by atoms with E-state index >= 15 is 0 Å². The molecule has 6 rings (SSSR count). The van der Waals surface area contributed by atoms with Gasteiger partial charge in [0.15, 0.2) is 0 Å². The number of carbonyl (C=O) groups excluding carboxylic acids is 3. The largest absolute Gasteiger partial charge is 0.380 e. The summed E-state index contributed by atoms with van der Waals surface area (Å²) in [6, 6.07) is 5.49. The highest BCUT2D eigenvalue weighted by molar-refractivity contribution is 6.00. The Kier molecular flexibility index (Phi) is 7.30. The van der Waals surface area contributed by atoms with E-state index in [0.717, 1.165) is 50.3 Å². The number of aromatic nitrogens is 2. The predicted octanol–water partition coefficient (Wildman–Crippen LogP) is 2.97. The molecule has 3 N–H and O–H groups in total. The van der Waals surface area contributed by atoms with E-state index in [9.17, 15) is 14.4 Å². The number of anilines is 1. The van der Waals surface area contributed by atoms with Gasteiger partial charge >= 0.3 is 0 Å². The Morgan fingerprint density at radius 1 is 1.10 bits per heavy atom. The molecule has 41 heavy (non-hydrogen) atoms. The maximum Gasteiger partial charge on any atom is 0.258 e. The van der Waals surface area contributed by atoms with Crippen LogP contribution < -0.4 is 11.1 Å². The van der Waals surface area contributed by atoms with Crippen molar-refractivity contribution in [2.75, 3.05) is 44.6 Å². The number of nitrogens with one attached hydrogen (secondary N) is 1. The van der Waals surface area contributed by atoms with Crippen molar-refractivity contribution >= 4 is 23.4 Å². The number of carbonyl (C=O) groups is 3. The first kappa shape index (κ1) is 27.8. The van der Waals surface area contributed by atoms with E-state index in [1.165, 1.54) is 19.3 Å². The van der Waals surface area contributed by atoms with E-state index < -0.39 is 5.91 Å². The van der Waals surface area contributed by atoms with Crippen molar-refractivity contribution in [2.45, 2.75) is 77.3 Å². The minimum Gasteiger partial charge on any atom is -0.380 e. The van der Waals surface area contributed by atoms with Crippen molar-refractivity contribution in [3.8, 4) is 5.69 Å². The third kappa shape index (κ3) is 5.58. The first-order valence-corrected chi connectivity index (χ1v) is 15.2. The summed E-state index contributed by atoms with van der Waals surface area (Å²) in [6.45, 7) is 10.7. The Labute approximate surface area is 242 Å². The first-order valence-electron chi connectivity index (χ1n) is 15.2. The minimum atomic E-state index is -0.513. The van der Waals surface area contributed by atoms with E-state index in [2.05, 4.69) is 24.1 Å². The van der Waals surface area contributed by atoms with Crippen LogP contribution >= 0.6 is 0 Å². The van der Waals surface area contributed by atoms with Crippen LogP contribution in [0.15, 0.2) is 18.2 Å². The fourth-order valence-electron chi connectivity index (χ4n) is 6.77. The van der Waals surface area contributed by atoms with Crippen LogP contribution in [0.1, 0.15) is 84.5 Å². The van der Waals surface area contributed by atoms with E-state index in [4.69, 9.17) is 10.8 Å². The number of hydrogen-bond donors (Lipinski definition) is 2.